The van der Waals surface area contributed by atoms with Crippen LogP contribution < -0.4 is 5.32 Å². The van der Waals surface area contributed by atoms with E-state index in [0.29, 0.717) is 28.6 Å². The Bertz CT molecular complexity index is 1480. The second-order valence-electron chi connectivity index (χ2n) is 8.17. The van der Waals surface area contributed by atoms with Crippen LogP contribution in [0.4, 0.5) is 0 Å². The quantitative estimate of drug-likeness (QED) is 0.436. The molecular formula is C24H20N8O. The Morgan fingerprint density at radius 3 is 2.73 bits per heavy atom. The molecule has 0 radical (unpaired) electrons. The zero-order chi connectivity index (χ0) is 22.4. The number of nitrogens with zero attached hydrogens (tertiary/aromatic N) is 6. The Morgan fingerprint density at radius 1 is 1.03 bits per heavy atom. The smallest absolute Gasteiger partial charge is 0.251 e. The van der Waals surface area contributed by atoms with Crippen molar-refractivity contribution in [2.24, 2.45) is 0 Å². The molecule has 3 heterocycles. The summed E-state index contributed by atoms with van der Waals surface area (Å²) >= 11 is 0. The number of amides is 1. The minimum Gasteiger partial charge on any atom is -0.349 e. The number of benzene rings is 2. The number of imidazole rings is 1. The first-order valence-corrected chi connectivity index (χ1v) is 10.7. The molecule has 0 saturated heterocycles. The molecule has 0 bridgehead atoms. The molecule has 0 atom stereocenters. The van der Waals surface area contributed by atoms with Crippen LogP contribution in [0.25, 0.3) is 39.5 Å². The maximum absolute atomic E-state index is 12.6. The van der Waals surface area contributed by atoms with Crippen molar-refractivity contribution in [2.45, 2.75) is 25.8 Å². The molecule has 2 N–H and O–H groups in total. The van der Waals surface area contributed by atoms with Crippen molar-refractivity contribution in [3.8, 4) is 28.3 Å². The van der Waals surface area contributed by atoms with Crippen LogP contribution in [0, 0.1) is 6.92 Å². The highest BCUT2D eigenvalue weighted by molar-refractivity contribution is 5.95. The molecule has 1 saturated carbocycles. The van der Waals surface area contributed by atoms with Gasteiger partial charge in [0.15, 0.2) is 11.5 Å². The van der Waals surface area contributed by atoms with E-state index in [0.717, 1.165) is 40.9 Å². The van der Waals surface area contributed by atoms with Gasteiger partial charge in [-0.1, -0.05) is 24.3 Å². The van der Waals surface area contributed by atoms with Crippen LogP contribution in [0.1, 0.15) is 28.8 Å². The van der Waals surface area contributed by atoms with E-state index in [1.807, 2.05) is 54.0 Å². The van der Waals surface area contributed by atoms with E-state index in [2.05, 4.69) is 35.5 Å². The van der Waals surface area contributed by atoms with Gasteiger partial charge in [0, 0.05) is 22.7 Å². The predicted octanol–water partition coefficient (Wildman–Crippen LogP) is 3.47. The van der Waals surface area contributed by atoms with E-state index in [9.17, 15) is 4.79 Å². The molecule has 9 nitrogen and oxygen atoms in total. The molecule has 2 aromatic carbocycles. The van der Waals surface area contributed by atoms with E-state index in [1.165, 1.54) is 12.7 Å². The summed E-state index contributed by atoms with van der Waals surface area (Å²) in [5.41, 5.74) is 6.38. The van der Waals surface area contributed by atoms with Gasteiger partial charge in [-0.25, -0.2) is 19.9 Å². The third kappa shape index (κ3) is 3.53. The molecule has 6 rings (SSSR count). The van der Waals surface area contributed by atoms with Crippen LogP contribution >= 0.6 is 0 Å². The molecule has 5 aromatic rings. The lowest BCUT2D eigenvalue weighted by Gasteiger charge is -2.11. The fraction of sp³-hybridized carbons (Fsp3) is 0.167. The van der Waals surface area contributed by atoms with Crippen molar-refractivity contribution in [1.82, 2.24) is 40.0 Å². The average Bonchev–Trinajstić information content (AvgIpc) is 3.31. The van der Waals surface area contributed by atoms with Crippen LogP contribution in [-0.4, -0.2) is 46.6 Å². The molecule has 0 spiro atoms. The lowest BCUT2D eigenvalue weighted by Crippen LogP contribution is -2.25. The largest absolute Gasteiger partial charge is 0.349 e. The maximum atomic E-state index is 12.6. The van der Waals surface area contributed by atoms with Gasteiger partial charge in [0.2, 0.25) is 0 Å². The summed E-state index contributed by atoms with van der Waals surface area (Å²) in [6.45, 7) is 2.01. The summed E-state index contributed by atoms with van der Waals surface area (Å²) in [5, 5.41) is 9.86. The van der Waals surface area contributed by atoms with Crippen LogP contribution in [-0.2, 0) is 0 Å². The lowest BCUT2D eigenvalue weighted by atomic mass is 10.1. The first kappa shape index (κ1) is 19.3. The van der Waals surface area contributed by atoms with Crippen molar-refractivity contribution < 1.29 is 4.79 Å². The summed E-state index contributed by atoms with van der Waals surface area (Å²) in [6.07, 6.45) is 6.85. The molecular weight excluding hydrogens is 416 g/mol. The topological polar surface area (TPSA) is 114 Å². The number of H-pyrrole nitrogens is 1. The molecule has 33 heavy (non-hydrogen) atoms. The first-order valence-electron chi connectivity index (χ1n) is 10.7. The normalized spacial score (nSPS) is 13.4. The van der Waals surface area contributed by atoms with Crippen LogP contribution in [0.2, 0.25) is 0 Å². The number of carbonyl (C=O) groups excluding carboxylic acids is 1. The third-order valence-electron chi connectivity index (χ3n) is 5.80. The van der Waals surface area contributed by atoms with E-state index >= 15 is 0 Å². The number of aromatic amines is 1. The summed E-state index contributed by atoms with van der Waals surface area (Å²) in [5.74, 6) is 0.632. The van der Waals surface area contributed by atoms with E-state index in [-0.39, 0.29) is 5.91 Å². The molecule has 0 unspecified atom stereocenters. The van der Waals surface area contributed by atoms with Crippen LogP contribution in [0.5, 0.6) is 0 Å². The van der Waals surface area contributed by atoms with Gasteiger partial charge in [0.25, 0.3) is 5.91 Å². The Morgan fingerprint density at radius 2 is 1.91 bits per heavy atom. The van der Waals surface area contributed by atoms with E-state index in [1.54, 1.807) is 6.33 Å². The summed E-state index contributed by atoms with van der Waals surface area (Å²) < 4.78 is 1.91. The van der Waals surface area contributed by atoms with Crippen molar-refractivity contribution in [2.75, 3.05) is 0 Å². The van der Waals surface area contributed by atoms with Gasteiger partial charge in [0.1, 0.15) is 30.2 Å². The summed E-state index contributed by atoms with van der Waals surface area (Å²) in [4.78, 5) is 30.5. The number of aryl methyl sites for hydroxylation is 1. The molecule has 9 heteroatoms. The molecule has 1 aliphatic carbocycles. The van der Waals surface area contributed by atoms with Crippen molar-refractivity contribution in [3.63, 3.8) is 0 Å². The van der Waals surface area contributed by atoms with Gasteiger partial charge in [-0.05, 0) is 43.5 Å². The van der Waals surface area contributed by atoms with Crippen molar-refractivity contribution in [3.05, 3.63) is 72.6 Å². The number of nitrogens with one attached hydrogen (secondary N) is 2. The second-order valence-corrected chi connectivity index (χ2v) is 8.17. The fourth-order valence-electron chi connectivity index (χ4n) is 3.89. The van der Waals surface area contributed by atoms with Crippen molar-refractivity contribution in [1.29, 1.82) is 0 Å². The average molecular weight is 436 g/mol. The first-order chi connectivity index (χ1) is 16.2. The molecule has 1 aliphatic rings. The van der Waals surface area contributed by atoms with Gasteiger partial charge in [-0.15, -0.1) is 0 Å². The maximum Gasteiger partial charge on any atom is 0.251 e. The predicted molar refractivity (Wildman–Crippen MR) is 123 cm³/mol. The third-order valence-corrected chi connectivity index (χ3v) is 5.80. The van der Waals surface area contributed by atoms with Crippen LogP contribution in [0.3, 0.4) is 0 Å². The lowest BCUT2D eigenvalue weighted by molar-refractivity contribution is 0.0951. The standard InChI is InChI=1S/C24H20N8O/c1-14-5-6-17(24(33)30-18-7-8-18)10-19(14)32-13-28-21-20(25-11-27-23(21)32)15-3-2-4-16(9-15)22-26-12-29-31-22/h2-6,9-13,18H,7-8H2,1H3,(H,30,33)(H,26,29,31). The molecule has 162 valence electrons. The number of carbonyl (C=O) groups is 1. The fourth-order valence-corrected chi connectivity index (χ4v) is 3.89. The Hall–Kier alpha value is -4.40. The van der Waals surface area contributed by atoms with Gasteiger partial charge >= 0.3 is 0 Å². The van der Waals surface area contributed by atoms with Gasteiger partial charge in [-0.2, -0.15) is 5.10 Å². The SMILES string of the molecule is Cc1ccc(C(=O)NC2CC2)cc1-n1cnc2c(-c3cccc(-c4ncn[nH]4)c3)ncnc21. The minimum atomic E-state index is -0.0530. The number of aromatic nitrogens is 7. The monoisotopic (exact) mass is 436 g/mol. The zero-order valence-corrected chi connectivity index (χ0v) is 17.9. The molecule has 1 fully saturated rings. The number of fused-ring (bicyclic) bond motifs is 1. The molecule has 0 aliphatic heterocycles. The van der Waals surface area contributed by atoms with E-state index < -0.39 is 0 Å². The van der Waals surface area contributed by atoms with Crippen LogP contribution in [0.15, 0.2) is 61.4 Å². The molecule has 1 amide bonds. The van der Waals surface area contributed by atoms with Gasteiger partial charge in [-0.3, -0.25) is 14.5 Å². The van der Waals surface area contributed by atoms with Crippen molar-refractivity contribution >= 4 is 17.1 Å². The Balaban J connectivity index is 1.43. The zero-order valence-electron chi connectivity index (χ0n) is 17.9. The minimum absolute atomic E-state index is 0.0530. The Labute approximate surface area is 189 Å². The number of hydrogen-bond donors (Lipinski definition) is 2. The van der Waals surface area contributed by atoms with Gasteiger partial charge < -0.3 is 5.32 Å². The summed E-state index contributed by atoms with van der Waals surface area (Å²) in [6, 6.07) is 13.9. The second kappa shape index (κ2) is 7.63. The highest BCUT2D eigenvalue weighted by Crippen LogP contribution is 2.29. The summed E-state index contributed by atoms with van der Waals surface area (Å²) in [7, 11) is 0. The highest BCUT2D eigenvalue weighted by atomic mass is 16.1. The number of rotatable bonds is 5. The highest BCUT2D eigenvalue weighted by Gasteiger charge is 2.24. The van der Waals surface area contributed by atoms with E-state index in [4.69, 9.17) is 0 Å². The number of hydrogen-bond acceptors (Lipinski definition) is 6. The Kier molecular flexibility index (Phi) is 4.46. The molecule has 3 aromatic heterocycles. The van der Waals surface area contributed by atoms with Gasteiger partial charge in [0.05, 0.1) is 5.69 Å².